The Morgan fingerprint density at radius 1 is 1.09 bits per heavy atom. The van der Waals surface area contributed by atoms with Crippen LogP contribution in [0.15, 0.2) is 41.4 Å². The third-order valence-electron chi connectivity index (χ3n) is 3.65. The summed E-state index contributed by atoms with van der Waals surface area (Å²) in [6, 6.07) is 11.3. The maximum atomic E-state index is 13.7. The van der Waals surface area contributed by atoms with Crippen LogP contribution in [0.25, 0.3) is 0 Å². The van der Waals surface area contributed by atoms with Gasteiger partial charge in [-0.05, 0) is 67.4 Å². The Kier molecular flexibility index (Phi) is 6.23. The van der Waals surface area contributed by atoms with Crippen LogP contribution in [0.1, 0.15) is 42.0 Å². The predicted molar refractivity (Wildman–Crippen MR) is 96.9 cm³/mol. The molecule has 0 aliphatic carbocycles. The van der Waals surface area contributed by atoms with E-state index in [1.54, 1.807) is 13.0 Å². The van der Waals surface area contributed by atoms with E-state index in [1.807, 2.05) is 12.1 Å². The van der Waals surface area contributed by atoms with Crippen molar-refractivity contribution >= 4 is 23.1 Å². The van der Waals surface area contributed by atoms with Crippen molar-refractivity contribution in [3.63, 3.8) is 0 Å². The maximum absolute atomic E-state index is 13.7. The number of rotatable bonds is 4. The summed E-state index contributed by atoms with van der Waals surface area (Å²) < 4.78 is 13.7. The summed E-state index contributed by atoms with van der Waals surface area (Å²) in [6.07, 6.45) is 3.49. The fourth-order valence-corrected chi connectivity index (χ4v) is 2.35. The number of aliphatic imine (C=N–C) groups is 1. The summed E-state index contributed by atoms with van der Waals surface area (Å²) in [5, 5.41) is 2.21. The minimum atomic E-state index is -0.411. The quantitative estimate of drug-likeness (QED) is 0.404. The van der Waals surface area contributed by atoms with E-state index >= 15 is 0 Å². The average Bonchev–Trinajstić information content (AvgIpc) is 2.57. The first-order valence-corrected chi connectivity index (χ1v) is 8.04. The van der Waals surface area contributed by atoms with Crippen molar-refractivity contribution < 1.29 is 4.39 Å². The van der Waals surface area contributed by atoms with E-state index in [0.29, 0.717) is 5.56 Å². The standard InChI is InChI=1S/C20H18FNS/c1-3-4-5-16-6-8-17(9-7-16)10-11-18-12-13-19(21)20(15(18)2)22-14-23/h6-9,12-13H,3-5H2,1-2H3. The third-order valence-corrected chi connectivity index (χ3v) is 3.74. The number of unbranched alkanes of at least 4 members (excludes halogenated alkanes) is 1. The highest BCUT2D eigenvalue weighted by molar-refractivity contribution is 7.78. The number of aryl methyl sites for hydroxylation is 1. The van der Waals surface area contributed by atoms with Crippen molar-refractivity contribution in [2.45, 2.75) is 33.1 Å². The molecule has 0 bridgehead atoms. The SMILES string of the molecule is CCCCc1ccc(C#Cc2ccc(F)c(N=C=S)c2C)cc1. The zero-order chi connectivity index (χ0) is 16.7. The molecule has 2 aromatic carbocycles. The van der Waals surface area contributed by atoms with Gasteiger partial charge in [-0.15, -0.1) is 0 Å². The lowest BCUT2D eigenvalue weighted by atomic mass is 10.0. The van der Waals surface area contributed by atoms with Gasteiger partial charge in [0.2, 0.25) is 0 Å². The van der Waals surface area contributed by atoms with Gasteiger partial charge in [0.1, 0.15) is 11.5 Å². The third kappa shape index (κ3) is 4.60. The predicted octanol–water partition coefficient (Wildman–Crippen LogP) is 5.61. The molecule has 0 heterocycles. The van der Waals surface area contributed by atoms with Crippen LogP contribution < -0.4 is 0 Å². The number of isothiocyanates is 1. The molecule has 0 aromatic heterocycles. The number of halogens is 1. The van der Waals surface area contributed by atoms with Gasteiger partial charge < -0.3 is 0 Å². The summed E-state index contributed by atoms with van der Waals surface area (Å²) in [5.74, 6) is 5.78. The molecule has 0 saturated carbocycles. The Morgan fingerprint density at radius 2 is 1.83 bits per heavy atom. The largest absolute Gasteiger partial charge is 0.205 e. The lowest BCUT2D eigenvalue weighted by Gasteiger charge is -2.03. The normalized spacial score (nSPS) is 9.70. The molecule has 1 nitrogen and oxygen atoms in total. The van der Waals surface area contributed by atoms with Gasteiger partial charge in [0.05, 0.1) is 5.16 Å². The molecule has 0 saturated heterocycles. The second-order valence-corrected chi connectivity index (χ2v) is 5.50. The lowest BCUT2D eigenvalue weighted by Crippen LogP contribution is -1.88. The summed E-state index contributed by atoms with van der Waals surface area (Å²) >= 11 is 4.56. The van der Waals surface area contributed by atoms with Crippen LogP contribution >= 0.6 is 12.2 Å². The van der Waals surface area contributed by atoms with E-state index in [2.05, 4.69) is 53.3 Å². The molecule has 0 atom stereocenters. The van der Waals surface area contributed by atoms with Gasteiger partial charge in [0.25, 0.3) is 0 Å². The highest BCUT2D eigenvalue weighted by atomic mass is 32.1. The first-order chi connectivity index (χ1) is 11.2. The fraction of sp³-hybridized carbons (Fsp3) is 0.250. The number of benzene rings is 2. The van der Waals surface area contributed by atoms with E-state index in [4.69, 9.17) is 0 Å². The zero-order valence-electron chi connectivity index (χ0n) is 13.3. The van der Waals surface area contributed by atoms with Crippen molar-refractivity contribution in [1.29, 1.82) is 0 Å². The molecule has 0 aliphatic heterocycles. The molecule has 2 rings (SSSR count). The van der Waals surface area contributed by atoms with Crippen LogP contribution in [0.3, 0.4) is 0 Å². The van der Waals surface area contributed by atoms with E-state index < -0.39 is 5.82 Å². The van der Waals surface area contributed by atoms with E-state index in [0.717, 1.165) is 17.5 Å². The smallest absolute Gasteiger partial charge is 0.150 e. The minimum Gasteiger partial charge on any atom is -0.205 e. The first kappa shape index (κ1) is 17.1. The van der Waals surface area contributed by atoms with Crippen molar-refractivity contribution in [3.8, 4) is 11.8 Å². The average molecular weight is 323 g/mol. The topological polar surface area (TPSA) is 12.4 Å². The molecule has 2 aromatic rings. The van der Waals surface area contributed by atoms with E-state index in [-0.39, 0.29) is 5.69 Å². The Balaban J connectivity index is 2.25. The number of hydrogen-bond donors (Lipinski definition) is 0. The Labute approximate surface area is 142 Å². The van der Waals surface area contributed by atoms with Crippen LogP contribution in [0.2, 0.25) is 0 Å². The molecule has 0 aliphatic rings. The van der Waals surface area contributed by atoms with Crippen molar-refractivity contribution in [2.24, 2.45) is 4.99 Å². The number of hydrogen-bond acceptors (Lipinski definition) is 2. The Hall–Kier alpha value is -2.27. The number of nitrogens with zero attached hydrogens (tertiary/aromatic N) is 1. The van der Waals surface area contributed by atoms with Crippen molar-refractivity contribution in [3.05, 3.63) is 64.5 Å². The van der Waals surface area contributed by atoms with Gasteiger partial charge in [0.15, 0.2) is 0 Å². The van der Waals surface area contributed by atoms with Crippen LogP contribution in [-0.2, 0) is 6.42 Å². The molecule has 116 valence electrons. The zero-order valence-corrected chi connectivity index (χ0v) is 14.1. The molecule has 3 heteroatoms. The van der Waals surface area contributed by atoms with Crippen LogP contribution in [0.4, 0.5) is 10.1 Å². The van der Waals surface area contributed by atoms with Crippen LogP contribution in [-0.4, -0.2) is 5.16 Å². The van der Waals surface area contributed by atoms with E-state index in [9.17, 15) is 4.39 Å². The van der Waals surface area contributed by atoms with Gasteiger partial charge in [-0.3, -0.25) is 0 Å². The molecule has 0 amide bonds. The van der Waals surface area contributed by atoms with Gasteiger partial charge in [-0.1, -0.05) is 37.3 Å². The molecule has 0 spiro atoms. The highest BCUT2D eigenvalue weighted by Crippen LogP contribution is 2.25. The van der Waals surface area contributed by atoms with Crippen LogP contribution in [0.5, 0.6) is 0 Å². The summed E-state index contributed by atoms with van der Waals surface area (Å²) in [4.78, 5) is 3.78. The maximum Gasteiger partial charge on any atom is 0.150 e. The first-order valence-electron chi connectivity index (χ1n) is 7.63. The molecule has 0 fully saturated rings. The van der Waals surface area contributed by atoms with Gasteiger partial charge in [0, 0.05) is 11.1 Å². The number of thiocarbonyl (C=S) groups is 1. The second kappa shape index (κ2) is 8.39. The monoisotopic (exact) mass is 323 g/mol. The van der Waals surface area contributed by atoms with Crippen LogP contribution in [0, 0.1) is 24.6 Å². The Bertz CT molecular complexity index is 791. The molecule has 0 N–H and O–H groups in total. The van der Waals surface area contributed by atoms with Gasteiger partial charge in [-0.2, -0.15) is 4.99 Å². The molecule has 23 heavy (non-hydrogen) atoms. The van der Waals surface area contributed by atoms with Crippen molar-refractivity contribution in [1.82, 2.24) is 0 Å². The minimum absolute atomic E-state index is 0.210. The fourth-order valence-electron chi connectivity index (χ4n) is 2.26. The molecule has 0 radical (unpaired) electrons. The Morgan fingerprint density at radius 3 is 2.48 bits per heavy atom. The lowest BCUT2D eigenvalue weighted by molar-refractivity contribution is 0.629. The van der Waals surface area contributed by atoms with Gasteiger partial charge >= 0.3 is 0 Å². The summed E-state index contributed by atoms with van der Waals surface area (Å²) in [5.41, 5.74) is 3.89. The van der Waals surface area contributed by atoms with E-state index in [1.165, 1.54) is 24.5 Å². The summed E-state index contributed by atoms with van der Waals surface area (Å²) in [7, 11) is 0. The summed E-state index contributed by atoms with van der Waals surface area (Å²) in [6.45, 7) is 3.97. The van der Waals surface area contributed by atoms with Gasteiger partial charge in [-0.25, -0.2) is 4.39 Å². The molecular formula is C20H18FNS. The second-order valence-electron chi connectivity index (χ2n) is 5.32. The molecular weight excluding hydrogens is 305 g/mol. The molecule has 0 unspecified atom stereocenters. The highest BCUT2D eigenvalue weighted by Gasteiger charge is 2.07. The van der Waals surface area contributed by atoms with Crippen molar-refractivity contribution in [2.75, 3.05) is 0 Å².